The third-order valence-electron chi connectivity index (χ3n) is 3.09. The molecule has 0 unspecified atom stereocenters. The molecule has 0 radical (unpaired) electrons. The van der Waals surface area contributed by atoms with Crippen molar-refractivity contribution < 1.29 is 9.59 Å². The van der Waals surface area contributed by atoms with Crippen LogP contribution in [0.15, 0.2) is 46.9 Å². The summed E-state index contributed by atoms with van der Waals surface area (Å²) in [6, 6.07) is 11.8. The zero-order valence-corrected chi connectivity index (χ0v) is 14.9. The first kappa shape index (κ1) is 17.5. The normalized spacial score (nSPS) is 10.2. The molecule has 2 aromatic rings. The lowest BCUT2D eigenvalue weighted by molar-refractivity contribution is 0.0952. The van der Waals surface area contributed by atoms with Gasteiger partial charge in [0, 0.05) is 27.3 Å². The molecular weight excluding hydrogens is 380 g/mol. The van der Waals surface area contributed by atoms with Crippen LogP contribution in [0, 0.1) is 0 Å². The van der Waals surface area contributed by atoms with Crippen molar-refractivity contribution in [3.05, 3.63) is 63.1 Å². The van der Waals surface area contributed by atoms with E-state index in [2.05, 4.69) is 26.6 Å². The van der Waals surface area contributed by atoms with Gasteiger partial charge in [0.25, 0.3) is 11.8 Å². The SMILES string of the molecule is CCCNC(=O)c1cccc(NC(=O)c2cc(Cl)ccc2Br)c1. The standard InChI is InChI=1S/C17H16BrClN2O2/c1-2-8-20-16(22)11-4-3-5-13(9-11)21-17(23)14-10-12(19)6-7-15(14)18/h3-7,9-10H,2,8H2,1H3,(H,20,22)(H,21,23). The smallest absolute Gasteiger partial charge is 0.256 e. The van der Waals surface area contributed by atoms with Gasteiger partial charge >= 0.3 is 0 Å². The minimum absolute atomic E-state index is 0.160. The van der Waals surface area contributed by atoms with Gasteiger partial charge in [-0.3, -0.25) is 9.59 Å². The molecule has 0 aliphatic carbocycles. The van der Waals surface area contributed by atoms with Gasteiger partial charge in [0.15, 0.2) is 0 Å². The summed E-state index contributed by atoms with van der Waals surface area (Å²) in [5.41, 5.74) is 1.48. The summed E-state index contributed by atoms with van der Waals surface area (Å²) in [6.07, 6.45) is 0.866. The molecule has 120 valence electrons. The summed E-state index contributed by atoms with van der Waals surface area (Å²) in [4.78, 5) is 24.3. The van der Waals surface area contributed by atoms with E-state index in [1.165, 1.54) is 0 Å². The summed E-state index contributed by atoms with van der Waals surface area (Å²) >= 11 is 9.25. The number of benzene rings is 2. The zero-order chi connectivity index (χ0) is 16.8. The van der Waals surface area contributed by atoms with E-state index in [1.807, 2.05) is 6.92 Å². The second kappa shape index (κ2) is 8.13. The maximum atomic E-state index is 12.3. The summed E-state index contributed by atoms with van der Waals surface area (Å²) in [5, 5.41) is 6.05. The molecule has 23 heavy (non-hydrogen) atoms. The molecule has 0 saturated heterocycles. The van der Waals surface area contributed by atoms with Crippen LogP contribution in [0.4, 0.5) is 5.69 Å². The maximum Gasteiger partial charge on any atom is 0.256 e. The Morgan fingerprint density at radius 3 is 2.65 bits per heavy atom. The minimum atomic E-state index is -0.300. The van der Waals surface area contributed by atoms with Crippen LogP contribution in [-0.2, 0) is 0 Å². The van der Waals surface area contributed by atoms with Crippen molar-refractivity contribution in [1.29, 1.82) is 0 Å². The van der Waals surface area contributed by atoms with Gasteiger partial charge in [-0.15, -0.1) is 0 Å². The first-order valence-electron chi connectivity index (χ1n) is 7.16. The Balaban J connectivity index is 2.15. The van der Waals surface area contributed by atoms with Crippen LogP contribution in [0.25, 0.3) is 0 Å². The van der Waals surface area contributed by atoms with Crippen molar-refractivity contribution in [3.63, 3.8) is 0 Å². The predicted octanol–water partition coefficient (Wildman–Crippen LogP) is 4.49. The topological polar surface area (TPSA) is 58.2 Å². The molecule has 0 atom stereocenters. The van der Waals surface area contributed by atoms with Crippen LogP contribution in [-0.4, -0.2) is 18.4 Å². The van der Waals surface area contributed by atoms with Crippen molar-refractivity contribution >= 4 is 45.0 Å². The number of nitrogens with one attached hydrogen (secondary N) is 2. The third-order valence-corrected chi connectivity index (χ3v) is 4.02. The van der Waals surface area contributed by atoms with Gasteiger partial charge < -0.3 is 10.6 Å². The van der Waals surface area contributed by atoms with Gasteiger partial charge in [-0.25, -0.2) is 0 Å². The monoisotopic (exact) mass is 394 g/mol. The van der Waals surface area contributed by atoms with Crippen LogP contribution < -0.4 is 10.6 Å². The van der Waals surface area contributed by atoms with Crippen LogP contribution in [0.5, 0.6) is 0 Å². The lowest BCUT2D eigenvalue weighted by Gasteiger charge is -2.09. The number of carbonyl (C=O) groups is 2. The largest absolute Gasteiger partial charge is 0.352 e. The number of hydrogen-bond donors (Lipinski definition) is 2. The molecule has 2 N–H and O–H groups in total. The lowest BCUT2D eigenvalue weighted by Crippen LogP contribution is -2.24. The van der Waals surface area contributed by atoms with Gasteiger partial charge in [0.1, 0.15) is 0 Å². The van der Waals surface area contributed by atoms with Gasteiger partial charge in [-0.05, 0) is 58.7 Å². The molecule has 4 nitrogen and oxygen atoms in total. The first-order chi connectivity index (χ1) is 11.0. The minimum Gasteiger partial charge on any atom is -0.352 e. The Morgan fingerprint density at radius 1 is 1.13 bits per heavy atom. The Morgan fingerprint density at radius 2 is 1.91 bits per heavy atom. The summed E-state index contributed by atoms with van der Waals surface area (Å²) < 4.78 is 0.649. The zero-order valence-electron chi connectivity index (χ0n) is 12.5. The van der Waals surface area contributed by atoms with Gasteiger partial charge in [-0.2, -0.15) is 0 Å². The van der Waals surface area contributed by atoms with Crippen molar-refractivity contribution in [2.24, 2.45) is 0 Å². The van der Waals surface area contributed by atoms with Crippen LogP contribution in [0.3, 0.4) is 0 Å². The summed E-state index contributed by atoms with van der Waals surface area (Å²) in [6.45, 7) is 2.60. The molecule has 6 heteroatoms. The van der Waals surface area contributed by atoms with Crippen LogP contribution in [0.2, 0.25) is 5.02 Å². The number of rotatable bonds is 5. The fourth-order valence-corrected chi connectivity index (χ4v) is 2.55. The number of halogens is 2. The molecule has 0 bridgehead atoms. The van der Waals surface area contributed by atoms with Gasteiger partial charge in [0.2, 0.25) is 0 Å². The Kier molecular flexibility index (Phi) is 6.19. The van der Waals surface area contributed by atoms with Crippen molar-refractivity contribution in [2.75, 3.05) is 11.9 Å². The molecule has 0 heterocycles. The van der Waals surface area contributed by atoms with E-state index < -0.39 is 0 Å². The summed E-state index contributed by atoms with van der Waals surface area (Å²) in [7, 11) is 0. The van der Waals surface area contributed by atoms with Crippen molar-refractivity contribution in [3.8, 4) is 0 Å². The Hall–Kier alpha value is -1.85. The molecule has 0 saturated carbocycles. The van der Waals surface area contributed by atoms with Crippen LogP contribution in [0.1, 0.15) is 34.1 Å². The average molecular weight is 396 g/mol. The predicted molar refractivity (Wildman–Crippen MR) is 96.2 cm³/mol. The fraction of sp³-hybridized carbons (Fsp3) is 0.176. The lowest BCUT2D eigenvalue weighted by atomic mass is 10.1. The number of hydrogen-bond acceptors (Lipinski definition) is 2. The molecule has 2 amide bonds. The highest BCUT2D eigenvalue weighted by atomic mass is 79.9. The van der Waals surface area contributed by atoms with E-state index in [1.54, 1.807) is 42.5 Å². The highest BCUT2D eigenvalue weighted by Crippen LogP contribution is 2.22. The highest BCUT2D eigenvalue weighted by molar-refractivity contribution is 9.10. The molecule has 0 aliphatic rings. The van der Waals surface area contributed by atoms with Crippen LogP contribution >= 0.6 is 27.5 Å². The molecule has 0 spiro atoms. The molecule has 2 aromatic carbocycles. The van der Waals surface area contributed by atoms with Gasteiger partial charge in [-0.1, -0.05) is 24.6 Å². The molecule has 0 aromatic heterocycles. The number of carbonyl (C=O) groups excluding carboxylic acids is 2. The van der Waals surface area contributed by atoms with Crippen molar-refractivity contribution in [2.45, 2.75) is 13.3 Å². The van der Waals surface area contributed by atoms with Crippen molar-refractivity contribution in [1.82, 2.24) is 5.32 Å². The van der Waals surface area contributed by atoms with E-state index in [0.29, 0.717) is 32.9 Å². The van der Waals surface area contributed by atoms with E-state index in [-0.39, 0.29) is 11.8 Å². The number of anilines is 1. The van der Waals surface area contributed by atoms with E-state index in [0.717, 1.165) is 6.42 Å². The maximum absolute atomic E-state index is 12.3. The summed E-state index contributed by atoms with van der Waals surface area (Å²) in [5.74, 6) is -0.461. The van der Waals surface area contributed by atoms with E-state index in [9.17, 15) is 9.59 Å². The molecular formula is C17H16BrClN2O2. The fourth-order valence-electron chi connectivity index (χ4n) is 1.95. The van der Waals surface area contributed by atoms with E-state index in [4.69, 9.17) is 11.6 Å². The molecule has 0 aliphatic heterocycles. The average Bonchev–Trinajstić information content (AvgIpc) is 2.55. The second-order valence-corrected chi connectivity index (χ2v) is 6.21. The first-order valence-corrected chi connectivity index (χ1v) is 8.33. The highest BCUT2D eigenvalue weighted by Gasteiger charge is 2.12. The van der Waals surface area contributed by atoms with Gasteiger partial charge in [0.05, 0.1) is 5.56 Å². The van der Waals surface area contributed by atoms with E-state index >= 15 is 0 Å². The second-order valence-electron chi connectivity index (χ2n) is 4.91. The third kappa shape index (κ3) is 4.81. The Labute approximate surface area is 148 Å². The molecule has 0 fully saturated rings. The Bertz CT molecular complexity index is 734. The molecule has 2 rings (SSSR count). The quantitative estimate of drug-likeness (QED) is 0.783. The number of amides is 2.